The molecule has 1 aromatic carbocycles. The summed E-state index contributed by atoms with van der Waals surface area (Å²) in [6, 6.07) is 6.92. The minimum atomic E-state index is 0.0149. The normalized spacial score (nSPS) is 20.5. The van der Waals surface area contributed by atoms with E-state index >= 15 is 0 Å². The molecule has 0 spiro atoms. The lowest BCUT2D eigenvalue weighted by Gasteiger charge is -2.35. The van der Waals surface area contributed by atoms with Crippen LogP contribution in [0.2, 0.25) is 0 Å². The average molecular weight is 372 g/mol. The van der Waals surface area contributed by atoms with Crippen molar-refractivity contribution in [3.63, 3.8) is 0 Å². The minimum Gasteiger partial charge on any atom is -0.333 e. The first-order valence-electron chi connectivity index (χ1n) is 9.44. The van der Waals surface area contributed by atoms with Crippen molar-refractivity contribution in [1.82, 2.24) is 14.5 Å². The lowest BCUT2D eigenvalue weighted by molar-refractivity contribution is -0.132. The second kappa shape index (κ2) is 6.73. The third-order valence-electron chi connectivity index (χ3n) is 6.09. The zero-order valence-corrected chi connectivity index (χ0v) is 16.3. The molecule has 5 heteroatoms. The molecule has 4 rings (SSSR count). The third-order valence-corrected chi connectivity index (χ3v) is 6.31. The van der Waals surface area contributed by atoms with Crippen molar-refractivity contribution in [3.8, 4) is 0 Å². The number of rotatable bonds is 4. The molecular formula is C21H26ClN3O. The Morgan fingerprint density at radius 1 is 1.38 bits per heavy atom. The predicted molar refractivity (Wildman–Crippen MR) is 103 cm³/mol. The number of hydrogen-bond donors (Lipinski definition) is 0. The molecule has 0 saturated heterocycles. The van der Waals surface area contributed by atoms with Crippen LogP contribution in [0.4, 0.5) is 0 Å². The van der Waals surface area contributed by atoms with Gasteiger partial charge >= 0.3 is 0 Å². The van der Waals surface area contributed by atoms with E-state index in [2.05, 4.69) is 41.6 Å². The molecular weight excluding hydrogens is 346 g/mol. The summed E-state index contributed by atoms with van der Waals surface area (Å²) in [7, 11) is 0. The van der Waals surface area contributed by atoms with E-state index in [-0.39, 0.29) is 23.2 Å². The van der Waals surface area contributed by atoms with E-state index in [1.54, 1.807) is 0 Å². The first-order chi connectivity index (χ1) is 12.5. The molecule has 4 nitrogen and oxygen atoms in total. The van der Waals surface area contributed by atoms with Gasteiger partial charge in [-0.2, -0.15) is 0 Å². The van der Waals surface area contributed by atoms with Crippen LogP contribution in [0.5, 0.6) is 0 Å². The molecule has 0 bridgehead atoms. The van der Waals surface area contributed by atoms with Crippen LogP contribution in [0, 0.1) is 0 Å². The van der Waals surface area contributed by atoms with E-state index in [4.69, 9.17) is 11.6 Å². The van der Waals surface area contributed by atoms with Crippen molar-refractivity contribution in [2.75, 3.05) is 5.88 Å². The number of nitrogens with zero attached hydrogens (tertiary/aromatic N) is 3. The first-order valence-corrected chi connectivity index (χ1v) is 9.98. The summed E-state index contributed by atoms with van der Waals surface area (Å²) in [5.74, 6) is 0.0479. The van der Waals surface area contributed by atoms with Crippen LogP contribution in [0.1, 0.15) is 49.1 Å². The van der Waals surface area contributed by atoms with Crippen molar-refractivity contribution < 1.29 is 4.79 Å². The van der Waals surface area contributed by atoms with Crippen molar-refractivity contribution in [3.05, 3.63) is 53.1 Å². The van der Waals surface area contributed by atoms with Crippen LogP contribution in [0.25, 0.3) is 0 Å². The summed E-state index contributed by atoms with van der Waals surface area (Å²) in [5, 5.41) is 0. The van der Waals surface area contributed by atoms with Gasteiger partial charge in [0.15, 0.2) is 0 Å². The molecule has 1 unspecified atom stereocenters. The number of amides is 1. The van der Waals surface area contributed by atoms with E-state index in [0.29, 0.717) is 6.54 Å². The topological polar surface area (TPSA) is 38.1 Å². The Morgan fingerprint density at radius 3 is 3.04 bits per heavy atom. The number of alkyl halides is 1. The molecule has 1 aromatic heterocycles. The van der Waals surface area contributed by atoms with Crippen LogP contribution in [-0.2, 0) is 36.1 Å². The zero-order chi connectivity index (χ0) is 18.3. The third kappa shape index (κ3) is 3.16. The monoisotopic (exact) mass is 371 g/mol. The lowest BCUT2D eigenvalue weighted by atomic mass is 9.86. The molecule has 2 aromatic rings. The number of benzene rings is 1. The van der Waals surface area contributed by atoms with E-state index in [9.17, 15) is 4.79 Å². The molecule has 1 atom stereocenters. The number of aryl methyl sites for hydroxylation is 2. The Morgan fingerprint density at radius 2 is 2.23 bits per heavy atom. The van der Waals surface area contributed by atoms with E-state index in [0.717, 1.165) is 25.8 Å². The molecule has 0 N–H and O–H groups in total. The van der Waals surface area contributed by atoms with Gasteiger partial charge in [0.25, 0.3) is 0 Å². The van der Waals surface area contributed by atoms with E-state index in [1.165, 1.54) is 28.8 Å². The highest BCUT2D eigenvalue weighted by molar-refractivity contribution is 6.27. The van der Waals surface area contributed by atoms with Gasteiger partial charge in [0, 0.05) is 25.0 Å². The molecule has 0 saturated carbocycles. The SMILES string of the molecule is CC1(C)CCc2cc(CN(C(=O)CCl)C3CCc4cncn4C3)ccc21. The summed E-state index contributed by atoms with van der Waals surface area (Å²) >= 11 is 5.93. The van der Waals surface area contributed by atoms with Crippen molar-refractivity contribution in [1.29, 1.82) is 0 Å². The molecule has 1 aliphatic carbocycles. The van der Waals surface area contributed by atoms with Gasteiger partial charge in [-0.1, -0.05) is 32.0 Å². The highest BCUT2D eigenvalue weighted by atomic mass is 35.5. The maximum atomic E-state index is 12.6. The summed E-state index contributed by atoms with van der Waals surface area (Å²) < 4.78 is 2.16. The number of fused-ring (bicyclic) bond motifs is 2. The number of carbonyl (C=O) groups is 1. The number of imidazole rings is 1. The fourth-order valence-corrected chi connectivity index (χ4v) is 4.65. The Kier molecular flexibility index (Phi) is 4.55. The van der Waals surface area contributed by atoms with Crippen molar-refractivity contribution >= 4 is 17.5 Å². The average Bonchev–Trinajstić information content (AvgIpc) is 3.22. The summed E-state index contributed by atoms with van der Waals surface area (Å²) in [6.45, 7) is 6.06. The van der Waals surface area contributed by atoms with Gasteiger partial charge in [-0.15, -0.1) is 11.6 Å². The number of aromatic nitrogens is 2. The fourth-order valence-electron chi connectivity index (χ4n) is 4.50. The quantitative estimate of drug-likeness (QED) is 0.769. The van der Waals surface area contributed by atoms with Crippen molar-refractivity contribution in [2.45, 2.75) is 64.1 Å². The van der Waals surface area contributed by atoms with Gasteiger partial charge < -0.3 is 9.47 Å². The zero-order valence-electron chi connectivity index (χ0n) is 15.5. The summed E-state index contributed by atoms with van der Waals surface area (Å²) in [6.07, 6.45) is 8.03. The minimum absolute atomic E-state index is 0.0149. The highest BCUT2D eigenvalue weighted by Gasteiger charge is 2.31. The summed E-state index contributed by atoms with van der Waals surface area (Å²) in [5.41, 5.74) is 5.61. The highest BCUT2D eigenvalue weighted by Crippen LogP contribution is 2.38. The predicted octanol–water partition coefficient (Wildman–Crippen LogP) is 3.69. The maximum absolute atomic E-state index is 12.6. The standard InChI is InChI=1S/C21H26ClN3O/c1-21(2)8-7-16-9-15(3-6-19(16)21)12-25(20(26)10-22)18-5-4-17-11-23-14-24(17)13-18/h3,6,9,11,14,18H,4-5,7-8,10,12-13H2,1-2H3. The second-order valence-corrected chi connectivity index (χ2v) is 8.53. The number of hydrogen-bond acceptors (Lipinski definition) is 2. The molecule has 0 radical (unpaired) electrons. The Labute approximate surface area is 160 Å². The molecule has 1 amide bonds. The molecule has 0 fully saturated rings. The second-order valence-electron chi connectivity index (χ2n) is 8.26. The maximum Gasteiger partial charge on any atom is 0.238 e. The van der Waals surface area contributed by atoms with Crippen LogP contribution < -0.4 is 0 Å². The first kappa shape index (κ1) is 17.6. The van der Waals surface area contributed by atoms with Gasteiger partial charge in [-0.25, -0.2) is 4.98 Å². The Balaban J connectivity index is 1.56. The van der Waals surface area contributed by atoms with Crippen LogP contribution in [-0.4, -0.2) is 32.3 Å². The fraction of sp³-hybridized carbons (Fsp3) is 0.524. The largest absolute Gasteiger partial charge is 0.333 e. The van der Waals surface area contributed by atoms with Crippen LogP contribution in [0.3, 0.4) is 0 Å². The van der Waals surface area contributed by atoms with E-state index in [1.807, 2.05) is 17.4 Å². The molecule has 2 aliphatic rings. The van der Waals surface area contributed by atoms with Gasteiger partial charge in [0.05, 0.1) is 12.4 Å². The Hall–Kier alpha value is -1.81. The van der Waals surface area contributed by atoms with E-state index < -0.39 is 0 Å². The van der Waals surface area contributed by atoms with Gasteiger partial charge in [0.2, 0.25) is 5.91 Å². The molecule has 138 valence electrons. The van der Waals surface area contributed by atoms with Gasteiger partial charge in [-0.3, -0.25) is 4.79 Å². The molecule has 2 heterocycles. The van der Waals surface area contributed by atoms with Gasteiger partial charge in [-0.05, 0) is 47.8 Å². The Bertz CT molecular complexity index is 826. The molecule has 1 aliphatic heterocycles. The number of carbonyl (C=O) groups excluding carboxylic acids is 1. The number of halogens is 1. The van der Waals surface area contributed by atoms with Crippen molar-refractivity contribution in [2.24, 2.45) is 0 Å². The van der Waals surface area contributed by atoms with Crippen LogP contribution >= 0.6 is 11.6 Å². The van der Waals surface area contributed by atoms with Crippen LogP contribution in [0.15, 0.2) is 30.7 Å². The lowest BCUT2D eigenvalue weighted by Crippen LogP contribution is -2.45. The molecule has 26 heavy (non-hydrogen) atoms. The summed E-state index contributed by atoms with van der Waals surface area (Å²) in [4.78, 5) is 18.8. The smallest absolute Gasteiger partial charge is 0.238 e. The van der Waals surface area contributed by atoms with Gasteiger partial charge in [0.1, 0.15) is 5.88 Å².